The highest BCUT2D eigenvalue weighted by Crippen LogP contribution is 2.32. The summed E-state index contributed by atoms with van der Waals surface area (Å²) in [6.07, 6.45) is 0. The second kappa shape index (κ2) is 5.47. The van der Waals surface area contributed by atoms with Gasteiger partial charge in [0.05, 0.1) is 27.3 Å². The van der Waals surface area contributed by atoms with Gasteiger partial charge in [-0.2, -0.15) is 0 Å². The summed E-state index contributed by atoms with van der Waals surface area (Å²) in [5.74, 6) is 0.572. The van der Waals surface area contributed by atoms with Crippen LogP contribution in [0, 0.1) is 6.92 Å². The highest BCUT2D eigenvalue weighted by Gasteiger charge is 2.15. The minimum absolute atomic E-state index is 0.444. The van der Waals surface area contributed by atoms with Gasteiger partial charge in [-0.3, -0.25) is 0 Å². The van der Waals surface area contributed by atoms with Crippen LogP contribution < -0.4 is 0 Å². The lowest BCUT2D eigenvalue weighted by atomic mass is 10.2. The molecule has 20 heavy (non-hydrogen) atoms. The molecule has 8 heteroatoms. The fourth-order valence-electron chi connectivity index (χ4n) is 1.81. The van der Waals surface area contributed by atoms with Crippen LogP contribution >= 0.6 is 34.5 Å². The lowest BCUT2D eigenvalue weighted by molar-refractivity contribution is 0.644. The molecule has 0 aliphatic rings. The van der Waals surface area contributed by atoms with Crippen LogP contribution in [0.4, 0.5) is 0 Å². The van der Waals surface area contributed by atoms with E-state index in [0.717, 1.165) is 10.7 Å². The smallest absolute Gasteiger partial charge is 0.183 e. The number of tetrazole rings is 1. The Balaban J connectivity index is 2.00. The first kappa shape index (κ1) is 13.5. The number of halogens is 2. The fraction of sp³-hybridized carbons (Fsp3) is 0.167. The summed E-state index contributed by atoms with van der Waals surface area (Å²) in [5.41, 5.74) is 1.62. The molecule has 0 N–H and O–H groups in total. The standard InChI is InChI=1S/C12H9Cl2N5S/c1-7-15-8(6-20-7)5-19-12(16-17-18-19)9-3-2-4-10(13)11(9)14/h2-4,6H,5H2,1H3. The molecule has 0 spiro atoms. The lowest BCUT2D eigenvalue weighted by Crippen LogP contribution is -2.05. The van der Waals surface area contributed by atoms with Gasteiger partial charge in [-0.1, -0.05) is 29.3 Å². The largest absolute Gasteiger partial charge is 0.245 e. The van der Waals surface area contributed by atoms with Crippen molar-refractivity contribution in [1.82, 2.24) is 25.2 Å². The molecule has 0 radical (unpaired) electrons. The Morgan fingerprint density at radius 2 is 2.15 bits per heavy atom. The second-order valence-electron chi connectivity index (χ2n) is 4.12. The normalized spacial score (nSPS) is 10.9. The number of hydrogen-bond acceptors (Lipinski definition) is 5. The minimum Gasteiger partial charge on any atom is -0.245 e. The SMILES string of the molecule is Cc1nc(Cn2nnnc2-c2cccc(Cl)c2Cl)cs1. The molecule has 0 bridgehead atoms. The molecular formula is C12H9Cl2N5S. The molecule has 0 amide bonds. The van der Waals surface area contributed by atoms with Crippen molar-refractivity contribution in [3.63, 3.8) is 0 Å². The quantitative estimate of drug-likeness (QED) is 0.740. The van der Waals surface area contributed by atoms with Crippen molar-refractivity contribution in [1.29, 1.82) is 0 Å². The summed E-state index contributed by atoms with van der Waals surface area (Å²) in [4.78, 5) is 4.40. The average molecular weight is 326 g/mol. The molecule has 0 saturated carbocycles. The summed E-state index contributed by atoms with van der Waals surface area (Å²) >= 11 is 13.8. The van der Waals surface area contributed by atoms with E-state index in [1.807, 2.05) is 24.4 Å². The van der Waals surface area contributed by atoms with E-state index in [9.17, 15) is 0 Å². The second-order valence-corrected chi connectivity index (χ2v) is 5.97. The monoisotopic (exact) mass is 325 g/mol. The maximum atomic E-state index is 6.21. The zero-order valence-corrected chi connectivity index (χ0v) is 12.7. The third-order valence-electron chi connectivity index (χ3n) is 2.70. The number of nitrogens with zero attached hydrogens (tertiary/aromatic N) is 5. The van der Waals surface area contributed by atoms with Gasteiger partial charge in [-0.25, -0.2) is 9.67 Å². The van der Waals surface area contributed by atoms with E-state index in [1.54, 1.807) is 22.1 Å². The third kappa shape index (κ3) is 2.54. The van der Waals surface area contributed by atoms with E-state index in [0.29, 0.717) is 28.0 Å². The summed E-state index contributed by atoms with van der Waals surface area (Å²) in [6.45, 7) is 2.46. The molecular weight excluding hydrogens is 317 g/mol. The number of hydrogen-bond donors (Lipinski definition) is 0. The Bertz CT molecular complexity index is 752. The molecule has 0 unspecified atom stereocenters. The number of aryl methyl sites for hydroxylation is 1. The zero-order valence-electron chi connectivity index (χ0n) is 10.4. The van der Waals surface area contributed by atoms with Crippen LogP contribution in [-0.4, -0.2) is 25.2 Å². The molecule has 0 aliphatic heterocycles. The van der Waals surface area contributed by atoms with Gasteiger partial charge in [0.25, 0.3) is 0 Å². The number of aromatic nitrogens is 5. The van der Waals surface area contributed by atoms with Crippen molar-refractivity contribution in [3.05, 3.63) is 44.3 Å². The van der Waals surface area contributed by atoms with E-state index in [-0.39, 0.29) is 0 Å². The van der Waals surface area contributed by atoms with Crippen LogP contribution in [0.15, 0.2) is 23.6 Å². The van der Waals surface area contributed by atoms with Crippen LogP contribution in [0.5, 0.6) is 0 Å². The predicted molar refractivity (Wildman–Crippen MR) is 79.2 cm³/mol. The van der Waals surface area contributed by atoms with Crippen molar-refractivity contribution in [2.75, 3.05) is 0 Å². The van der Waals surface area contributed by atoms with Crippen molar-refractivity contribution >= 4 is 34.5 Å². The average Bonchev–Trinajstić information content (AvgIpc) is 3.03. The highest BCUT2D eigenvalue weighted by molar-refractivity contribution is 7.09. The molecule has 1 aromatic carbocycles. The van der Waals surface area contributed by atoms with Crippen LogP contribution in [0.1, 0.15) is 10.7 Å². The van der Waals surface area contributed by atoms with E-state index >= 15 is 0 Å². The maximum absolute atomic E-state index is 6.21. The molecule has 0 aliphatic carbocycles. The van der Waals surface area contributed by atoms with E-state index < -0.39 is 0 Å². The highest BCUT2D eigenvalue weighted by atomic mass is 35.5. The van der Waals surface area contributed by atoms with Gasteiger partial charge < -0.3 is 0 Å². The van der Waals surface area contributed by atoms with E-state index in [1.165, 1.54) is 0 Å². The summed E-state index contributed by atoms with van der Waals surface area (Å²) in [6, 6.07) is 5.38. The third-order valence-corrected chi connectivity index (χ3v) is 4.34. The van der Waals surface area contributed by atoms with Crippen LogP contribution in [0.25, 0.3) is 11.4 Å². The van der Waals surface area contributed by atoms with Gasteiger partial charge in [0, 0.05) is 10.9 Å². The number of rotatable bonds is 3. The van der Waals surface area contributed by atoms with Crippen molar-refractivity contribution < 1.29 is 0 Å². The number of benzene rings is 1. The molecule has 102 valence electrons. The molecule has 0 saturated heterocycles. The van der Waals surface area contributed by atoms with Crippen LogP contribution in [-0.2, 0) is 6.54 Å². The Morgan fingerprint density at radius 1 is 1.30 bits per heavy atom. The van der Waals surface area contributed by atoms with Gasteiger partial charge in [0.2, 0.25) is 0 Å². The first-order valence-electron chi connectivity index (χ1n) is 5.76. The summed E-state index contributed by atoms with van der Waals surface area (Å²) < 4.78 is 1.66. The summed E-state index contributed by atoms with van der Waals surface area (Å²) in [7, 11) is 0. The van der Waals surface area contributed by atoms with Crippen LogP contribution in [0.2, 0.25) is 10.0 Å². The van der Waals surface area contributed by atoms with Gasteiger partial charge in [0.1, 0.15) is 0 Å². The van der Waals surface area contributed by atoms with Gasteiger partial charge in [0.15, 0.2) is 5.82 Å². The predicted octanol–water partition coefficient (Wildman–Crippen LogP) is 3.46. The van der Waals surface area contributed by atoms with Gasteiger partial charge in [-0.15, -0.1) is 16.4 Å². The molecule has 2 heterocycles. The lowest BCUT2D eigenvalue weighted by Gasteiger charge is -2.05. The molecule has 0 atom stereocenters. The Morgan fingerprint density at radius 3 is 2.90 bits per heavy atom. The van der Waals surface area contributed by atoms with Crippen molar-refractivity contribution in [2.24, 2.45) is 0 Å². The molecule has 3 rings (SSSR count). The molecule has 0 fully saturated rings. The van der Waals surface area contributed by atoms with E-state index in [2.05, 4.69) is 20.5 Å². The van der Waals surface area contributed by atoms with Gasteiger partial charge in [-0.05, 0) is 29.5 Å². The number of thiazole rings is 1. The van der Waals surface area contributed by atoms with Crippen molar-refractivity contribution in [2.45, 2.75) is 13.5 Å². The minimum atomic E-state index is 0.444. The molecule has 3 aromatic rings. The topological polar surface area (TPSA) is 56.5 Å². The molecule has 5 nitrogen and oxygen atoms in total. The van der Waals surface area contributed by atoms with E-state index in [4.69, 9.17) is 23.2 Å². The zero-order chi connectivity index (χ0) is 14.1. The molecule has 2 aromatic heterocycles. The van der Waals surface area contributed by atoms with Crippen molar-refractivity contribution in [3.8, 4) is 11.4 Å². The van der Waals surface area contributed by atoms with Gasteiger partial charge >= 0.3 is 0 Å². The Labute approximate surface area is 129 Å². The Hall–Kier alpha value is -1.50. The maximum Gasteiger partial charge on any atom is 0.183 e. The Kier molecular flexibility index (Phi) is 3.69. The fourth-order valence-corrected chi connectivity index (χ4v) is 2.80. The van der Waals surface area contributed by atoms with Crippen LogP contribution in [0.3, 0.4) is 0 Å². The summed E-state index contributed by atoms with van der Waals surface area (Å²) in [5, 5.41) is 15.6. The first-order chi connectivity index (χ1) is 9.65. The first-order valence-corrected chi connectivity index (χ1v) is 7.40.